The first kappa shape index (κ1) is 49.7. The minimum Gasteiger partial charge on any atom is -0.505 e. The van der Waals surface area contributed by atoms with Crippen LogP contribution in [0.1, 0.15) is 76.8 Å². The number of carbonyl (C=O) groups is 5. The summed E-state index contributed by atoms with van der Waals surface area (Å²) in [5, 5.41) is 22.8. The van der Waals surface area contributed by atoms with E-state index in [1.165, 1.54) is 104 Å². The third-order valence-corrected chi connectivity index (χ3v) is 15.2. The number of anilines is 1. The molecular formula is C48H41ClN6O14S2. The Bertz CT molecular complexity index is 3480. The summed E-state index contributed by atoms with van der Waals surface area (Å²) in [7, 11) is -5.82. The molecule has 23 heteroatoms. The van der Waals surface area contributed by atoms with Gasteiger partial charge in [-0.15, -0.1) is 10.2 Å². The van der Waals surface area contributed by atoms with E-state index in [2.05, 4.69) is 15.5 Å². The molecule has 71 heavy (non-hydrogen) atoms. The molecule has 0 bridgehead atoms. The molecule has 2 heterocycles. The molecule has 0 atom stereocenters. The zero-order valence-electron chi connectivity index (χ0n) is 38.2. The predicted octanol–water partition coefficient (Wildman–Crippen LogP) is 7.76. The number of phenolic OH excluding ortho intramolecular Hbond substituents is 1. The number of sulfonamides is 1. The van der Waals surface area contributed by atoms with Crippen molar-refractivity contribution in [2.75, 3.05) is 39.7 Å². The van der Waals surface area contributed by atoms with Gasteiger partial charge in [-0.3, -0.25) is 38.3 Å². The van der Waals surface area contributed by atoms with Crippen molar-refractivity contribution in [1.29, 1.82) is 0 Å². The van der Waals surface area contributed by atoms with Crippen LogP contribution in [-0.2, 0) is 33.2 Å². The maximum Gasteiger partial charge on any atom is 0.295 e. The van der Waals surface area contributed by atoms with E-state index in [0.717, 1.165) is 21.9 Å². The quantitative estimate of drug-likeness (QED) is 0.0475. The average molecular weight is 1030 g/mol. The minimum atomic E-state index is -5.55. The summed E-state index contributed by atoms with van der Waals surface area (Å²) < 4.78 is 83.9. The minimum absolute atomic E-state index is 0.00102. The lowest BCUT2D eigenvalue weighted by atomic mass is 9.93. The molecule has 0 radical (unpaired) electrons. The zero-order chi connectivity index (χ0) is 51.3. The molecule has 0 aromatic heterocycles. The van der Waals surface area contributed by atoms with E-state index in [9.17, 15) is 50.5 Å². The number of halogens is 1. The van der Waals surface area contributed by atoms with E-state index in [0.29, 0.717) is 0 Å². The number of carbonyl (C=O) groups excluding carboxylic acids is 5. The molecule has 6 aromatic rings. The number of hydrogen-bond acceptors (Lipinski definition) is 15. The average Bonchev–Trinajstić information content (AvgIpc) is 3.73. The fourth-order valence-corrected chi connectivity index (χ4v) is 11.2. The predicted molar refractivity (Wildman–Crippen MR) is 257 cm³/mol. The van der Waals surface area contributed by atoms with Crippen LogP contribution < -0.4 is 19.5 Å². The van der Waals surface area contributed by atoms with Gasteiger partial charge in [0.05, 0.1) is 77.8 Å². The molecular weight excluding hydrogens is 984 g/mol. The highest BCUT2D eigenvalue weighted by molar-refractivity contribution is 7.89. The molecule has 0 saturated carbocycles. The summed E-state index contributed by atoms with van der Waals surface area (Å²) in [6.07, 6.45) is 0. The van der Waals surface area contributed by atoms with Gasteiger partial charge in [-0.1, -0.05) is 61.8 Å². The second-order valence-electron chi connectivity index (χ2n) is 15.8. The van der Waals surface area contributed by atoms with Crippen LogP contribution in [0, 0.1) is 0 Å². The number of rotatable bonds is 16. The van der Waals surface area contributed by atoms with Crippen molar-refractivity contribution in [2.24, 2.45) is 10.2 Å². The lowest BCUT2D eigenvalue weighted by molar-refractivity contribution is 0.0627. The number of benzene rings is 6. The third kappa shape index (κ3) is 8.69. The fraction of sp³-hybridized carbons (Fsp3) is 0.188. The smallest absolute Gasteiger partial charge is 0.295 e. The van der Waals surface area contributed by atoms with Gasteiger partial charge in [0, 0.05) is 24.5 Å². The maximum absolute atomic E-state index is 14.9. The van der Waals surface area contributed by atoms with Crippen LogP contribution in [0.15, 0.2) is 111 Å². The SMILES string of the molecule is CCN(CC)S(=O)(=O)c1ccc(OC)c(N=Nc2c(O)c(C(=O)Nc3cc(Cl)c(OC)cc3OC)c(CN3C(=O)c4ccccc4C3=O)c3ccc(CN4C(=O)c5ccccc5C4=O)c(S(=O)(=O)O)c23)c1. The summed E-state index contributed by atoms with van der Waals surface area (Å²) in [5.74, 6) is -5.42. The van der Waals surface area contributed by atoms with E-state index in [1.54, 1.807) is 13.8 Å². The third-order valence-electron chi connectivity index (χ3n) is 11.9. The first-order valence-electron chi connectivity index (χ1n) is 21.3. The number of nitrogens with zero attached hydrogens (tertiary/aromatic N) is 5. The number of hydrogen-bond donors (Lipinski definition) is 3. The number of phenols is 1. The van der Waals surface area contributed by atoms with Crippen molar-refractivity contribution in [3.05, 3.63) is 135 Å². The van der Waals surface area contributed by atoms with Gasteiger partial charge in [-0.2, -0.15) is 12.7 Å². The Balaban J connectivity index is 1.44. The lowest BCUT2D eigenvalue weighted by Gasteiger charge is -2.23. The van der Waals surface area contributed by atoms with Crippen molar-refractivity contribution in [3.8, 4) is 23.0 Å². The van der Waals surface area contributed by atoms with Gasteiger partial charge in [-0.05, 0) is 65.0 Å². The molecule has 366 valence electrons. The molecule has 2 aliphatic rings. The Kier molecular flexibility index (Phi) is 13.4. The number of fused-ring (bicyclic) bond motifs is 3. The Morgan fingerprint density at radius 2 is 1.24 bits per heavy atom. The van der Waals surface area contributed by atoms with Gasteiger partial charge in [0.2, 0.25) is 10.0 Å². The van der Waals surface area contributed by atoms with E-state index in [4.69, 9.17) is 25.8 Å². The molecule has 2 aliphatic heterocycles. The number of imide groups is 2. The highest BCUT2D eigenvalue weighted by Gasteiger charge is 2.40. The topological polar surface area (TPSA) is 268 Å². The van der Waals surface area contributed by atoms with Gasteiger partial charge in [0.25, 0.3) is 39.7 Å². The molecule has 0 aliphatic carbocycles. The van der Waals surface area contributed by atoms with Gasteiger partial charge in [-0.25, -0.2) is 8.42 Å². The fourth-order valence-electron chi connectivity index (χ4n) is 8.51. The van der Waals surface area contributed by atoms with Crippen molar-refractivity contribution in [1.82, 2.24) is 14.1 Å². The Morgan fingerprint density at radius 3 is 1.75 bits per heavy atom. The molecule has 6 aromatic carbocycles. The summed E-state index contributed by atoms with van der Waals surface area (Å²) >= 11 is 6.45. The van der Waals surface area contributed by atoms with Crippen LogP contribution in [0.25, 0.3) is 10.8 Å². The molecule has 0 fully saturated rings. The molecule has 20 nitrogen and oxygen atoms in total. The lowest BCUT2D eigenvalue weighted by Crippen LogP contribution is -2.31. The highest BCUT2D eigenvalue weighted by atomic mass is 35.5. The standard InChI is InChI=1S/C48H41ClN6O14S2/c1-6-53(7-2)70(62,63)26-17-19-36(67-3)35(20-26)51-52-41-39-27(18-16-25(43(39)71(64,65)66)23-54-45(58)28-12-8-9-13-29(28)46(54)59)32(24-55-47(60)30-14-10-11-15-31(30)48(55)61)40(42(41)56)44(57)50-34-21-33(49)37(68-4)22-38(34)69-5/h8-22,56H,6-7,23-24H2,1-5H3,(H,50,57)(H,64,65,66). The van der Waals surface area contributed by atoms with Gasteiger partial charge < -0.3 is 24.6 Å². The van der Waals surface area contributed by atoms with Crippen molar-refractivity contribution in [2.45, 2.75) is 36.7 Å². The first-order chi connectivity index (χ1) is 33.8. The van der Waals surface area contributed by atoms with E-state index >= 15 is 0 Å². The summed E-state index contributed by atoms with van der Waals surface area (Å²) in [6, 6.07) is 20.4. The van der Waals surface area contributed by atoms with Crippen LogP contribution in [0.3, 0.4) is 0 Å². The van der Waals surface area contributed by atoms with Crippen molar-refractivity contribution < 1.29 is 64.7 Å². The molecule has 0 saturated heterocycles. The number of amides is 5. The molecule has 0 unspecified atom stereocenters. The Labute approximate surface area is 410 Å². The maximum atomic E-state index is 14.9. The summed E-state index contributed by atoms with van der Waals surface area (Å²) in [5.41, 5.74) is -2.63. The number of ether oxygens (including phenoxy) is 3. The van der Waals surface area contributed by atoms with Crippen LogP contribution in [-0.4, -0.2) is 105 Å². The van der Waals surface area contributed by atoms with Crippen LogP contribution in [0.5, 0.6) is 23.0 Å². The van der Waals surface area contributed by atoms with Crippen LogP contribution in [0.4, 0.5) is 17.1 Å². The first-order valence-corrected chi connectivity index (χ1v) is 24.6. The van der Waals surface area contributed by atoms with E-state index in [1.807, 2.05) is 0 Å². The summed E-state index contributed by atoms with van der Waals surface area (Å²) in [4.78, 5) is 70.4. The van der Waals surface area contributed by atoms with Crippen LogP contribution >= 0.6 is 11.6 Å². The molecule has 0 spiro atoms. The molecule has 3 N–H and O–H groups in total. The van der Waals surface area contributed by atoms with E-state index < -0.39 is 95.6 Å². The molecule has 8 rings (SSSR count). The van der Waals surface area contributed by atoms with E-state index in [-0.39, 0.29) is 84.8 Å². The Morgan fingerprint density at radius 1 is 0.704 bits per heavy atom. The zero-order valence-corrected chi connectivity index (χ0v) is 40.6. The van der Waals surface area contributed by atoms with Crippen molar-refractivity contribution >= 4 is 89.1 Å². The van der Waals surface area contributed by atoms with Gasteiger partial charge >= 0.3 is 0 Å². The summed E-state index contributed by atoms with van der Waals surface area (Å²) in [6.45, 7) is 1.89. The molecule has 5 amide bonds. The Hall–Kier alpha value is -7.76. The van der Waals surface area contributed by atoms with Gasteiger partial charge in [0.1, 0.15) is 33.5 Å². The second-order valence-corrected chi connectivity index (χ2v) is 19.5. The van der Waals surface area contributed by atoms with Gasteiger partial charge in [0.15, 0.2) is 5.75 Å². The van der Waals surface area contributed by atoms with Crippen molar-refractivity contribution in [3.63, 3.8) is 0 Å². The highest BCUT2D eigenvalue weighted by Crippen LogP contribution is 2.48. The number of nitrogens with one attached hydrogen (secondary N) is 1. The number of azo groups is 1. The number of aromatic hydroxyl groups is 1. The van der Waals surface area contributed by atoms with Crippen LogP contribution in [0.2, 0.25) is 5.02 Å². The number of methoxy groups -OCH3 is 3. The normalized spacial score (nSPS) is 13.7. The monoisotopic (exact) mass is 1020 g/mol. The second kappa shape index (κ2) is 19.2. The largest absolute Gasteiger partial charge is 0.505 e.